The van der Waals surface area contributed by atoms with Gasteiger partial charge in [-0.3, -0.25) is 4.79 Å². The van der Waals surface area contributed by atoms with Crippen molar-refractivity contribution in [3.63, 3.8) is 0 Å². The van der Waals surface area contributed by atoms with Gasteiger partial charge in [-0.2, -0.15) is 17.5 Å². The molecule has 166 valence electrons. The van der Waals surface area contributed by atoms with Gasteiger partial charge in [0.1, 0.15) is 17.1 Å². The minimum Gasteiger partial charge on any atom is -0.497 e. The van der Waals surface area contributed by atoms with E-state index in [0.717, 1.165) is 6.07 Å². The highest BCUT2D eigenvalue weighted by Gasteiger charge is 2.48. The van der Waals surface area contributed by atoms with Gasteiger partial charge in [-0.15, -0.1) is 0 Å². The smallest absolute Gasteiger partial charge is 0.419 e. The average Bonchev–Trinajstić information content (AvgIpc) is 2.73. The Labute approximate surface area is 177 Å². The van der Waals surface area contributed by atoms with Crippen LogP contribution in [0.3, 0.4) is 0 Å². The number of halogens is 3. The van der Waals surface area contributed by atoms with Crippen molar-refractivity contribution in [2.45, 2.75) is 35.9 Å². The monoisotopic (exact) mass is 455 g/mol. The summed E-state index contributed by atoms with van der Waals surface area (Å²) in [5, 5.41) is 0. The highest BCUT2D eigenvalue weighted by atomic mass is 32.2. The number of hydrogen-bond donors (Lipinski definition) is 0. The first-order valence-electron chi connectivity index (χ1n) is 9.62. The van der Waals surface area contributed by atoms with Gasteiger partial charge in [0, 0.05) is 25.9 Å². The Morgan fingerprint density at radius 2 is 1.71 bits per heavy atom. The van der Waals surface area contributed by atoms with Crippen LogP contribution in [-0.2, 0) is 16.2 Å². The molecule has 1 spiro atoms. The van der Waals surface area contributed by atoms with E-state index in [9.17, 15) is 26.4 Å². The second-order valence-electron chi connectivity index (χ2n) is 7.64. The first kappa shape index (κ1) is 21.6. The standard InChI is InChI=1S/C21H20F3NO5S/c1-29-14-5-7-15(8-6-14)31(27,28)25-11-9-20(10-12-25)13-18(26)16-3-2-4-17(19(16)30-20)21(22,23)24/h2-8H,9-13H2,1H3. The molecule has 0 unspecified atom stereocenters. The number of hydrogen-bond acceptors (Lipinski definition) is 5. The Hall–Kier alpha value is -2.59. The van der Waals surface area contributed by atoms with Gasteiger partial charge in [0.15, 0.2) is 5.78 Å². The number of methoxy groups -OCH3 is 1. The highest BCUT2D eigenvalue weighted by molar-refractivity contribution is 7.89. The lowest BCUT2D eigenvalue weighted by Crippen LogP contribution is -2.52. The van der Waals surface area contributed by atoms with Crippen LogP contribution in [0, 0.1) is 0 Å². The summed E-state index contributed by atoms with van der Waals surface area (Å²) in [5.41, 5.74) is -2.24. The van der Waals surface area contributed by atoms with Crippen LogP contribution in [-0.4, -0.2) is 44.3 Å². The minimum absolute atomic E-state index is 0.0329. The molecule has 0 saturated carbocycles. The van der Waals surface area contributed by atoms with Gasteiger partial charge < -0.3 is 9.47 Å². The fourth-order valence-electron chi connectivity index (χ4n) is 4.04. The molecule has 0 N–H and O–H groups in total. The number of carbonyl (C=O) groups is 1. The number of piperidine rings is 1. The van der Waals surface area contributed by atoms with Gasteiger partial charge in [-0.1, -0.05) is 6.07 Å². The molecule has 31 heavy (non-hydrogen) atoms. The number of nitrogens with zero attached hydrogens (tertiary/aromatic N) is 1. The molecule has 0 bridgehead atoms. The van der Waals surface area contributed by atoms with E-state index >= 15 is 0 Å². The molecule has 0 aliphatic carbocycles. The van der Waals surface area contributed by atoms with Crippen molar-refractivity contribution >= 4 is 15.8 Å². The van der Waals surface area contributed by atoms with Gasteiger partial charge >= 0.3 is 6.18 Å². The molecule has 1 saturated heterocycles. The third-order valence-electron chi connectivity index (χ3n) is 5.75. The number of benzene rings is 2. The number of sulfonamides is 1. The molecule has 0 amide bonds. The summed E-state index contributed by atoms with van der Waals surface area (Å²) in [7, 11) is -2.32. The van der Waals surface area contributed by atoms with E-state index in [-0.39, 0.29) is 42.8 Å². The third kappa shape index (κ3) is 3.89. The SMILES string of the molecule is COc1ccc(S(=O)(=O)N2CCC3(CC2)CC(=O)c2cccc(C(F)(F)F)c2O3)cc1. The number of alkyl halides is 3. The number of ketones is 1. The van der Waals surface area contributed by atoms with Crippen molar-refractivity contribution in [2.24, 2.45) is 0 Å². The number of carbonyl (C=O) groups excluding carboxylic acids is 1. The van der Waals surface area contributed by atoms with Crippen LogP contribution in [0.25, 0.3) is 0 Å². The lowest BCUT2D eigenvalue weighted by atomic mass is 9.82. The zero-order chi connectivity index (χ0) is 22.4. The Morgan fingerprint density at radius 1 is 1.06 bits per heavy atom. The number of fused-ring (bicyclic) bond motifs is 1. The molecule has 2 aliphatic heterocycles. The van der Waals surface area contributed by atoms with Gasteiger partial charge in [0.05, 0.1) is 29.6 Å². The zero-order valence-corrected chi connectivity index (χ0v) is 17.4. The molecule has 1 fully saturated rings. The topological polar surface area (TPSA) is 72.9 Å². The van der Waals surface area contributed by atoms with Crippen molar-refractivity contribution in [3.8, 4) is 11.5 Å². The van der Waals surface area contributed by atoms with Gasteiger partial charge in [-0.25, -0.2) is 8.42 Å². The second kappa shape index (κ2) is 7.52. The lowest BCUT2D eigenvalue weighted by molar-refractivity contribution is -0.140. The predicted octanol–water partition coefficient (Wildman–Crippen LogP) is 3.90. The summed E-state index contributed by atoms with van der Waals surface area (Å²) in [6.45, 7) is 0.0658. The van der Waals surface area contributed by atoms with E-state index in [0.29, 0.717) is 5.75 Å². The van der Waals surface area contributed by atoms with Crippen LogP contribution in [0.1, 0.15) is 35.2 Å². The molecule has 2 aromatic carbocycles. The van der Waals surface area contributed by atoms with Crippen molar-refractivity contribution in [2.75, 3.05) is 20.2 Å². The normalized spacial score (nSPS) is 19.0. The summed E-state index contributed by atoms with van der Waals surface area (Å²) >= 11 is 0. The van der Waals surface area contributed by atoms with E-state index in [1.807, 2.05) is 0 Å². The van der Waals surface area contributed by atoms with E-state index < -0.39 is 38.9 Å². The maximum atomic E-state index is 13.4. The summed E-state index contributed by atoms with van der Waals surface area (Å²) in [5.74, 6) is -0.374. The van der Waals surface area contributed by atoms with Crippen LogP contribution < -0.4 is 9.47 Å². The van der Waals surface area contributed by atoms with Crippen LogP contribution >= 0.6 is 0 Å². The van der Waals surface area contributed by atoms with Crippen LogP contribution in [0.2, 0.25) is 0 Å². The largest absolute Gasteiger partial charge is 0.497 e. The molecule has 4 rings (SSSR count). The van der Waals surface area contributed by atoms with Crippen LogP contribution in [0.15, 0.2) is 47.4 Å². The summed E-state index contributed by atoms with van der Waals surface area (Å²) in [4.78, 5) is 12.7. The molecule has 2 heterocycles. The Balaban J connectivity index is 1.56. The third-order valence-corrected chi connectivity index (χ3v) is 7.67. The number of Topliss-reactive ketones (excluding diaryl/α,β-unsaturated/α-hetero) is 1. The van der Waals surface area contributed by atoms with Crippen molar-refractivity contribution in [1.82, 2.24) is 4.31 Å². The summed E-state index contributed by atoms with van der Waals surface area (Å²) in [6, 6.07) is 9.34. The summed E-state index contributed by atoms with van der Waals surface area (Å²) in [6.07, 6.45) is -4.53. The van der Waals surface area contributed by atoms with Crippen LogP contribution in [0.4, 0.5) is 13.2 Å². The van der Waals surface area contributed by atoms with E-state index in [4.69, 9.17) is 9.47 Å². The Bertz CT molecular complexity index is 1100. The van der Waals surface area contributed by atoms with Crippen molar-refractivity contribution in [3.05, 3.63) is 53.6 Å². The molecular formula is C21H20F3NO5S. The fourth-order valence-corrected chi connectivity index (χ4v) is 5.48. The van der Waals surface area contributed by atoms with Crippen molar-refractivity contribution in [1.29, 1.82) is 0 Å². The molecule has 0 aromatic heterocycles. The fraction of sp³-hybridized carbons (Fsp3) is 0.381. The average molecular weight is 455 g/mol. The molecule has 2 aromatic rings. The predicted molar refractivity (Wildman–Crippen MR) is 105 cm³/mol. The second-order valence-corrected chi connectivity index (χ2v) is 9.58. The quantitative estimate of drug-likeness (QED) is 0.702. The highest BCUT2D eigenvalue weighted by Crippen LogP contribution is 2.46. The van der Waals surface area contributed by atoms with Crippen LogP contribution in [0.5, 0.6) is 11.5 Å². The first-order valence-corrected chi connectivity index (χ1v) is 11.1. The summed E-state index contributed by atoms with van der Waals surface area (Å²) < 4.78 is 78.3. The molecule has 2 aliphatic rings. The molecule has 6 nitrogen and oxygen atoms in total. The Morgan fingerprint density at radius 3 is 2.29 bits per heavy atom. The van der Waals surface area contributed by atoms with Crippen molar-refractivity contribution < 1.29 is 35.9 Å². The molecular weight excluding hydrogens is 435 g/mol. The maximum Gasteiger partial charge on any atom is 0.419 e. The first-order chi connectivity index (χ1) is 14.6. The Kier molecular flexibility index (Phi) is 5.25. The van der Waals surface area contributed by atoms with E-state index in [1.54, 1.807) is 0 Å². The maximum absolute atomic E-state index is 13.4. The number of rotatable bonds is 3. The van der Waals surface area contributed by atoms with Gasteiger partial charge in [0.2, 0.25) is 10.0 Å². The van der Waals surface area contributed by atoms with Gasteiger partial charge in [-0.05, 0) is 36.4 Å². The molecule has 10 heteroatoms. The lowest BCUT2D eigenvalue weighted by Gasteiger charge is -2.44. The van der Waals surface area contributed by atoms with Gasteiger partial charge in [0.25, 0.3) is 0 Å². The van der Waals surface area contributed by atoms with E-state index in [2.05, 4.69) is 0 Å². The molecule has 0 radical (unpaired) electrons. The zero-order valence-electron chi connectivity index (χ0n) is 16.6. The minimum atomic E-state index is -4.66. The molecule has 0 atom stereocenters. The number of ether oxygens (including phenoxy) is 2. The van der Waals surface area contributed by atoms with E-state index in [1.165, 1.54) is 47.8 Å². The number of para-hydroxylation sites is 1.